The Morgan fingerprint density at radius 1 is 1.19 bits per heavy atom. The number of aromatic nitrogens is 1. The zero-order chi connectivity index (χ0) is 11.4. The molecule has 1 aromatic carbocycles. The van der Waals surface area contributed by atoms with E-state index in [2.05, 4.69) is 36.2 Å². The van der Waals surface area contributed by atoms with Crippen LogP contribution in [0.25, 0.3) is 0 Å². The number of aryl methyl sites for hydroxylation is 3. The number of hydrogen-bond donors (Lipinski definition) is 0. The minimum atomic E-state index is 0.416. The fourth-order valence-electron chi connectivity index (χ4n) is 1.62. The molecular weight excluding hydrogens is 222 g/mol. The van der Waals surface area contributed by atoms with Crippen LogP contribution >= 0.6 is 11.6 Å². The first kappa shape index (κ1) is 11.2. The van der Waals surface area contributed by atoms with Crippen molar-refractivity contribution in [3.05, 3.63) is 53.2 Å². The van der Waals surface area contributed by atoms with Crippen molar-refractivity contribution in [3.63, 3.8) is 0 Å². The Balaban J connectivity index is 1.99. The van der Waals surface area contributed by atoms with Gasteiger partial charge in [0.05, 0.1) is 11.6 Å². The first-order valence-electron chi connectivity index (χ1n) is 5.32. The van der Waals surface area contributed by atoms with E-state index in [0.29, 0.717) is 5.88 Å². The van der Waals surface area contributed by atoms with Crippen LogP contribution in [0.5, 0.6) is 0 Å². The number of hydrogen-bond acceptors (Lipinski definition) is 2. The van der Waals surface area contributed by atoms with Crippen molar-refractivity contribution >= 4 is 11.6 Å². The maximum atomic E-state index is 5.75. The molecule has 0 saturated heterocycles. The minimum absolute atomic E-state index is 0.416. The van der Waals surface area contributed by atoms with E-state index in [1.807, 2.05) is 0 Å². The van der Waals surface area contributed by atoms with Gasteiger partial charge in [0.15, 0.2) is 6.39 Å². The van der Waals surface area contributed by atoms with Gasteiger partial charge in [-0.1, -0.05) is 29.8 Å². The molecule has 2 nitrogen and oxygen atoms in total. The maximum Gasteiger partial charge on any atom is 0.181 e. The number of rotatable bonds is 4. The maximum absolute atomic E-state index is 5.75. The first-order chi connectivity index (χ1) is 7.79. The normalized spacial score (nSPS) is 10.6. The van der Waals surface area contributed by atoms with Gasteiger partial charge >= 0.3 is 0 Å². The van der Waals surface area contributed by atoms with Crippen molar-refractivity contribution in [1.29, 1.82) is 0 Å². The van der Waals surface area contributed by atoms with Crippen LogP contribution in [-0.2, 0) is 18.7 Å². The van der Waals surface area contributed by atoms with Crippen molar-refractivity contribution in [2.45, 2.75) is 25.6 Å². The quantitative estimate of drug-likeness (QED) is 0.758. The van der Waals surface area contributed by atoms with Crippen molar-refractivity contribution in [3.8, 4) is 0 Å². The van der Waals surface area contributed by atoms with Gasteiger partial charge in [-0.2, -0.15) is 0 Å². The molecule has 1 aromatic heterocycles. The van der Waals surface area contributed by atoms with Crippen LogP contribution in [0, 0.1) is 6.92 Å². The lowest BCUT2D eigenvalue weighted by Crippen LogP contribution is -1.93. The van der Waals surface area contributed by atoms with E-state index >= 15 is 0 Å². The van der Waals surface area contributed by atoms with E-state index in [4.69, 9.17) is 16.0 Å². The molecular formula is C13H14ClNO. The number of alkyl halides is 1. The Bertz CT molecular complexity index is 447. The van der Waals surface area contributed by atoms with E-state index in [9.17, 15) is 0 Å². The summed E-state index contributed by atoms with van der Waals surface area (Å²) in [4.78, 5) is 4.06. The lowest BCUT2D eigenvalue weighted by Gasteiger charge is -2.01. The van der Waals surface area contributed by atoms with Gasteiger partial charge in [-0.3, -0.25) is 0 Å². The average molecular weight is 236 g/mol. The third-order valence-electron chi connectivity index (χ3n) is 2.61. The Labute approximate surface area is 100 Å². The average Bonchev–Trinajstić information content (AvgIpc) is 2.76. The number of benzene rings is 1. The Morgan fingerprint density at radius 3 is 2.62 bits per heavy atom. The minimum Gasteiger partial charge on any atom is -0.448 e. The number of oxazole rings is 1. The lowest BCUT2D eigenvalue weighted by molar-refractivity contribution is 0.500. The van der Waals surface area contributed by atoms with Gasteiger partial charge < -0.3 is 4.42 Å². The highest BCUT2D eigenvalue weighted by Crippen LogP contribution is 2.13. The van der Waals surface area contributed by atoms with Crippen LogP contribution < -0.4 is 0 Å². The Morgan fingerprint density at radius 2 is 1.94 bits per heavy atom. The molecule has 0 fully saturated rings. The van der Waals surface area contributed by atoms with E-state index in [1.165, 1.54) is 17.5 Å². The second-order valence-electron chi connectivity index (χ2n) is 3.84. The van der Waals surface area contributed by atoms with Crippen LogP contribution in [0.1, 0.15) is 22.6 Å². The van der Waals surface area contributed by atoms with Gasteiger partial charge in [0, 0.05) is 6.42 Å². The molecule has 2 rings (SSSR count). The summed E-state index contributed by atoms with van der Waals surface area (Å²) in [5.74, 6) is 1.32. The molecule has 16 heavy (non-hydrogen) atoms. The molecule has 0 spiro atoms. The van der Waals surface area contributed by atoms with Crippen LogP contribution in [-0.4, -0.2) is 4.98 Å². The summed E-state index contributed by atoms with van der Waals surface area (Å²) < 4.78 is 5.31. The molecule has 0 radical (unpaired) electrons. The third kappa shape index (κ3) is 2.64. The molecule has 0 aliphatic rings. The summed E-state index contributed by atoms with van der Waals surface area (Å²) in [5, 5.41) is 0. The highest BCUT2D eigenvalue weighted by Gasteiger charge is 2.06. The molecule has 0 aliphatic carbocycles. The van der Waals surface area contributed by atoms with Crippen molar-refractivity contribution < 1.29 is 4.42 Å². The predicted molar refractivity (Wildman–Crippen MR) is 64.6 cm³/mol. The summed E-state index contributed by atoms with van der Waals surface area (Å²) in [5.41, 5.74) is 3.45. The Kier molecular flexibility index (Phi) is 3.62. The standard InChI is InChI=1S/C13H14ClNO/c1-10-2-4-11(5-3-10)6-7-13-12(8-14)15-9-16-13/h2-5,9H,6-8H2,1H3. The molecule has 1 heterocycles. The van der Waals surface area contributed by atoms with Crippen LogP contribution in [0.15, 0.2) is 35.1 Å². The van der Waals surface area contributed by atoms with E-state index < -0.39 is 0 Å². The molecule has 2 aromatic rings. The molecule has 0 N–H and O–H groups in total. The molecule has 0 saturated carbocycles. The van der Waals surface area contributed by atoms with Crippen molar-refractivity contribution in [2.24, 2.45) is 0 Å². The summed E-state index contributed by atoms with van der Waals surface area (Å²) >= 11 is 5.75. The monoisotopic (exact) mass is 235 g/mol. The van der Waals surface area contributed by atoms with E-state index in [-0.39, 0.29) is 0 Å². The first-order valence-corrected chi connectivity index (χ1v) is 5.86. The molecule has 0 bridgehead atoms. The second-order valence-corrected chi connectivity index (χ2v) is 4.11. The zero-order valence-corrected chi connectivity index (χ0v) is 10.00. The van der Waals surface area contributed by atoms with Crippen molar-refractivity contribution in [2.75, 3.05) is 0 Å². The SMILES string of the molecule is Cc1ccc(CCc2ocnc2CCl)cc1. The van der Waals surface area contributed by atoms with Crippen LogP contribution in [0.4, 0.5) is 0 Å². The van der Waals surface area contributed by atoms with Gasteiger partial charge in [-0.25, -0.2) is 4.98 Å². The summed E-state index contributed by atoms with van der Waals surface area (Å²) in [6.45, 7) is 2.09. The lowest BCUT2D eigenvalue weighted by atomic mass is 10.1. The molecule has 0 atom stereocenters. The summed E-state index contributed by atoms with van der Waals surface area (Å²) in [6, 6.07) is 8.54. The molecule has 84 valence electrons. The fourth-order valence-corrected chi connectivity index (χ4v) is 1.84. The number of halogens is 1. The van der Waals surface area contributed by atoms with Crippen LogP contribution in [0.3, 0.4) is 0 Å². The van der Waals surface area contributed by atoms with Crippen LogP contribution in [0.2, 0.25) is 0 Å². The highest BCUT2D eigenvalue weighted by molar-refractivity contribution is 6.16. The Hall–Kier alpha value is -1.28. The molecule has 0 amide bonds. The van der Waals surface area contributed by atoms with Gasteiger partial charge in [0.25, 0.3) is 0 Å². The molecule has 3 heteroatoms. The third-order valence-corrected chi connectivity index (χ3v) is 2.87. The molecule has 0 unspecified atom stereocenters. The predicted octanol–water partition coefficient (Wildman–Crippen LogP) is 3.51. The topological polar surface area (TPSA) is 26.0 Å². The van der Waals surface area contributed by atoms with Gasteiger partial charge in [0.1, 0.15) is 5.76 Å². The van der Waals surface area contributed by atoms with Gasteiger partial charge in [-0.05, 0) is 18.9 Å². The molecule has 0 aliphatic heterocycles. The largest absolute Gasteiger partial charge is 0.448 e. The van der Waals surface area contributed by atoms with E-state index in [1.54, 1.807) is 0 Å². The van der Waals surface area contributed by atoms with Crippen molar-refractivity contribution in [1.82, 2.24) is 4.98 Å². The highest BCUT2D eigenvalue weighted by atomic mass is 35.5. The van der Waals surface area contributed by atoms with E-state index in [0.717, 1.165) is 24.3 Å². The summed E-state index contributed by atoms with van der Waals surface area (Å²) in [7, 11) is 0. The van der Waals surface area contributed by atoms with Gasteiger partial charge in [0.2, 0.25) is 0 Å². The fraction of sp³-hybridized carbons (Fsp3) is 0.308. The van der Waals surface area contributed by atoms with Gasteiger partial charge in [-0.15, -0.1) is 11.6 Å². The zero-order valence-electron chi connectivity index (χ0n) is 9.24. The smallest absolute Gasteiger partial charge is 0.181 e. The number of nitrogens with zero attached hydrogens (tertiary/aromatic N) is 1. The summed E-state index contributed by atoms with van der Waals surface area (Å²) in [6.07, 6.45) is 3.27. The second kappa shape index (κ2) is 5.17.